The molecule has 25 heavy (non-hydrogen) atoms. The Morgan fingerprint density at radius 2 is 2.04 bits per heavy atom. The van der Waals surface area contributed by atoms with Crippen molar-refractivity contribution >= 4 is 17.2 Å². The van der Waals surface area contributed by atoms with Gasteiger partial charge in [-0.15, -0.1) is 11.3 Å². The van der Waals surface area contributed by atoms with Gasteiger partial charge >= 0.3 is 0 Å². The number of fused-ring (bicyclic) bond motifs is 1. The maximum atomic E-state index is 12.6. The lowest BCUT2D eigenvalue weighted by molar-refractivity contribution is 0.0951. The van der Waals surface area contributed by atoms with Gasteiger partial charge in [-0.2, -0.15) is 0 Å². The Labute approximate surface area is 157 Å². The zero-order chi connectivity index (χ0) is 17.9. The van der Waals surface area contributed by atoms with Gasteiger partial charge in [0, 0.05) is 16.8 Å². The third-order valence-corrected chi connectivity index (χ3v) is 7.06. The molecule has 2 aliphatic rings. The predicted molar refractivity (Wildman–Crippen MR) is 107 cm³/mol. The molecule has 4 heteroatoms. The number of likely N-dealkylation sites (tertiary alicyclic amines) is 1. The van der Waals surface area contributed by atoms with Crippen LogP contribution in [0.25, 0.3) is 0 Å². The fourth-order valence-electron chi connectivity index (χ4n) is 4.21. The molecule has 1 amide bonds. The highest BCUT2D eigenvalue weighted by atomic mass is 32.1. The minimum atomic E-state index is 0.146. The van der Waals surface area contributed by atoms with E-state index in [0.717, 1.165) is 37.3 Å². The molecular formula is C21H34N2OS. The average molecular weight is 363 g/mol. The summed E-state index contributed by atoms with van der Waals surface area (Å²) in [5.74, 6) is 0.882. The van der Waals surface area contributed by atoms with Crippen LogP contribution in [-0.2, 0) is 12.8 Å². The van der Waals surface area contributed by atoms with Crippen LogP contribution in [0.2, 0.25) is 0 Å². The van der Waals surface area contributed by atoms with Crippen molar-refractivity contribution in [2.45, 2.75) is 65.7 Å². The molecule has 0 saturated carbocycles. The summed E-state index contributed by atoms with van der Waals surface area (Å²) in [5.41, 5.74) is 2.64. The number of unbranched alkanes of at least 4 members (excludes halogenated alkanes) is 1. The van der Waals surface area contributed by atoms with E-state index in [-0.39, 0.29) is 5.91 Å². The molecular weight excluding hydrogens is 328 g/mol. The molecule has 1 atom stereocenters. The van der Waals surface area contributed by atoms with Crippen molar-refractivity contribution in [1.82, 2.24) is 10.2 Å². The molecule has 1 aliphatic heterocycles. The molecule has 2 heterocycles. The number of nitrogens with one attached hydrogen (secondary N) is 1. The molecule has 1 N–H and O–H groups in total. The smallest absolute Gasteiger partial charge is 0.252 e. The number of thiophene rings is 1. The first kappa shape index (κ1) is 18.9. The van der Waals surface area contributed by atoms with E-state index < -0.39 is 0 Å². The molecule has 1 aromatic rings. The van der Waals surface area contributed by atoms with E-state index in [2.05, 4.69) is 36.4 Å². The number of carbonyl (C=O) groups excluding carboxylic acids is 1. The Hall–Kier alpha value is -0.870. The lowest BCUT2D eigenvalue weighted by Gasteiger charge is -2.34. The van der Waals surface area contributed by atoms with E-state index in [9.17, 15) is 4.79 Å². The summed E-state index contributed by atoms with van der Waals surface area (Å²) in [4.78, 5) is 16.6. The molecule has 1 aromatic heterocycles. The molecule has 3 rings (SSSR count). The quantitative estimate of drug-likeness (QED) is 0.756. The van der Waals surface area contributed by atoms with Crippen molar-refractivity contribution in [2.24, 2.45) is 11.3 Å². The van der Waals surface area contributed by atoms with Crippen LogP contribution in [0, 0.1) is 11.3 Å². The number of hydrogen-bond acceptors (Lipinski definition) is 3. The van der Waals surface area contributed by atoms with Gasteiger partial charge in [0.1, 0.15) is 0 Å². The van der Waals surface area contributed by atoms with Crippen LogP contribution in [0.4, 0.5) is 0 Å². The monoisotopic (exact) mass is 362 g/mol. The van der Waals surface area contributed by atoms with Crippen molar-refractivity contribution in [2.75, 3.05) is 26.2 Å². The summed E-state index contributed by atoms with van der Waals surface area (Å²) >= 11 is 1.79. The van der Waals surface area contributed by atoms with Gasteiger partial charge < -0.3 is 10.2 Å². The van der Waals surface area contributed by atoms with E-state index in [1.54, 1.807) is 11.3 Å². The Kier molecular flexibility index (Phi) is 6.21. The number of rotatable bonds is 6. The first-order valence-corrected chi connectivity index (χ1v) is 10.9. The van der Waals surface area contributed by atoms with Gasteiger partial charge in [-0.25, -0.2) is 0 Å². The Morgan fingerprint density at radius 1 is 1.28 bits per heavy atom. The normalized spacial score (nSPS) is 21.3. The van der Waals surface area contributed by atoms with Gasteiger partial charge in [-0.1, -0.05) is 20.8 Å². The number of amides is 1. The zero-order valence-electron chi connectivity index (χ0n) is 16.2. The molecule has 1 fully saturated rings. The van der Waals surface area contributed by atoms with Gasteiger partial charge in [0.05, 0.1) is 5.56 Å². The third kappa shape index (κ3) is 4.85. The van der Waals surface area contributed by atoms with E-state index in [1.807, 2.05) is 0 Å². The van der Waals surface area contributed by atoms with Gasteiger partial charge in [0.15, 0.2) is 0 Å². The summed E-state index contributed by atoms with van der Waals surface area (Å²) in [5, 5.41) is 5.24. The summed E-state index contributed by atoms with van der Waals surface area (Å²) in [6.07, 6.45) is 8.41. The maximum Gasteiger partial charge on any atom is 0.252 e. The molecule has 1 saturated heterocycles. The summed E-state index contributed by atoms with van der Waals surface area (Å²) < 4.78 is 0. The molecule has 0 bridgehead atoms. The predicted octanol–water partition coefficient (Wildman–Crippen LogP) is 4.50. The van der Waals surface area contributed by atoms with Gasteiger partial charge in [-0.3, -0.25) is 4.79 Å². The summed E-state index contributed by atoms with van der Waals surface area (Å²) in [6.45, 7) is 11.6. The number of nitrogens with zero attached hydrogens (tertiary/aromatic N) is 1. The molecule has 140 valence electrons. The second-order valence-corrected chi connectivity index (χ2v) is 9.83. The maximum absolute atomic E-state index is 12.6. The first-order valence-electron chi connectivity index (χ1n) is 10.0. The topological polar surface area (TPSA) is 32.3 Å². The van der Waals surface area contributed by atoms with Crippen molar-refractivity contribution in [3.05, 3.63) is 21.4 Å². The van der Waals surface area contributed by atoms with Crippen molar-refractivity contribution in [3.63, 3.8) is 0 Å². The van der Waals surface area contributed by atoms with E-state index in [0.29, 0.717) is 5.41 Å². The number of carbonyl (C=O) groups is 1. The van der Waals surface area contributed by atoms with Crippen LogP contribution < -0.4 is 5.32 Å². The first-order chi connectivity index (χ1) is 11.9. The third-order valence-electron chi connectivity index (χ3n) is 6.01. The van der Waals surface area contributed by atoms with Crippen LogP contribution in [0.5, 0.6) is 0 Å². The zero-order valence-corrected chi connectivity index (χ0v) is 17.0. The fourth-order valence-corrected chi connectivity index (χ4v) is 5.37. The van der Waals surface area contributed by atoms with E-state index in [1.165, 1.54) is 55.8 Å². The second-order valence-electron chi connectivity index (χ2n) is 8.87. The number of hydrogen-bond donors (Lipinski definition) is 1. The van der Waals surface area contributed by atoms with Gasteiger partial charge in [-0.05, 0) is 81.5 Å². The molecule has 0 aromatic carbocycles. The Bertz CT molecular complexity index is 581. The minimum Gasteiger partial charge on any atom is -0.352 e. The molecule has 1 aliphatic carbocycles. The van der Waals surface area contributed by atoms with Crippen LogP contribution in [0.15, 0.2) is 5.38 Å². The Morgan fingerprint density at radius 3 is 2.76 bits per heavy atom. The van der Waals surface area contributed by atoms with Crippen LogP contribution >= 0.6 is 11.3 Å². The van der Waals surface area contributed by atoms with Gasteiger partial charge in [0.25, 0.3) is 5.91 Å². The highest BCUT2D eigenvalue weighted by Gasteiger charge is 2.31. The van der Waals surface area contributed by atoms with Crippen LogP contribution in [0.3, 0.4) is 0 Å². The van der Waals surface area contributed by atoms with Crippen LogP contribution in [-0.4, -0.2) is 37.0 Å². The highest BCUT2D eigenvalue weighted by Crippen LogP contribution is 2.40. The summed E-state index contributed by atoms with van der Waals surface area (Å²) in [7, 11) is 0. The largest absolute Gasteiger partial charge is 0.352 e. The fraction of sp³-hybridized carbons (Fsp3) is 0.762. The molecule has 0 radical (unpaired) electrons. The van der Waals surface area contributed by atoms with Crippen molar-refractivity contribution in [1.29, 1.82) is 0 Å². The molecule has 1 unspecified atom stereocenters. The highest BCUT2D eigenvalue weighted by molar-refractivity contribution is 7.10. The molecule has 3 nitrogen and oxygen atoms in total. The van der Waals surface area contributed by atoms with E-state index in [4.69, 9.17) is 0 Å². The second kappa shape index (κ2) is 8.22. The van der Waals surface area contributed by atoms with Crippen molar-refractivity contribution < 1.29 is 4.79 Å². The summed E-state index contributed by atoms with van der Waals surface area (Å²) in [6, 6.07) is 0. The minimum absolute atomic E-state index is 0.146. The SMILES string of the molecule is CC(C)(C)C1CCc2c(C(=O)NCCCCN3CCCC3)csc2C1. The standard InChI is InChI=1S/C21H34N2OS/c1-21(2,3)16-8-9-17-18(15-25-19(17)14-16)20(24)22-10-4-5-11-23-12-6-7-13-23/h15-16H,4-14H2,1-3H3,(H,22,24). The van der Waals surface area contributed by atoms with Gasteiger partial charge in [0.2, 0.25) is 0 Å². The van der Waals surface area contributed by atoms with Crippen molar-refractivity contribution in [3.8, 4) is 0 Å². The Balaban J connectivity index is 1.45. The average Bonchev–Trinajstić information content (AvgIpc) is 3.22. The van der Waals surface area contributed by atoms with Crippen LogP contribution in [0.1, 0.15) is 73.7 Å². The van der Waals surface area contributed by atoms with E-state index >= 15 is 0 Å². The lowest BCUT2D eigenvalue weighted by Crippen LogP contribution is -2.29. The lowest BCUT2D eigenvalue weighted by atomic mass is 9.72. The molecule has 0 spiro atoms.